The molecule has 0 saturated carbocycles. The highest BCUT2D eigenvalue weighted by Crippen LogP contribution is 2.46. The molecule has 3 unspecified atom stereocenters. The smallest absolute Gasteiger partial charge is 0.253 e. The van der Waals surface area contributed by atoms with Crippen LogP contribution in [0.1, 0.15) is 61.0 Å². The van der Waals surface area contributed by atoms with Crippen LogP contribution in [0.15, 0.2) is 54.6 Å². The minimum absolute atomic E-state index is 0.0952. The van der Waals surface area contributed by atoms with Gasteiger partial charge in [-0.2, -0.15) is 0 Å². The van der Waals surface area contributed by atoms with E-state index in [2.05, 4.69) is 47.8 Å². The van der Waals surface area contributed by atoms with Gasteiger partial charge in [0, 0.05) is 30.3 Å². The zero-order chi connectivity index (χ0) is 20.7. The Morgan fingerprint density at radius 1 is 1.07 bits per heavy atom. The Hall–Kier alpha value is -2.59. The summed E-state index contributed by atoms with van der Waals surface area (Å²) < 4.78 is 6.67. The Balaban J connectivity index is 1.53. The summed E-state index contributed by atoms with van der Waals surface area (Å²) >= 11 is 0. The Kier molecular flexibility index (Phi) is 4.90. The summed E-state index contributed by atoms with van der Waals surface area (Å²) in [7, 11) is 0. The first-order valence-electron chi connectivity index (χ1n) is 11.3. The predicted octanol–water partition coefficient (Wildman–Crippen LogP) is 4.65. The molecule has 1 N–H and O–H groups in total. The number of benzene rings is 2. The third-order valence-electron chi connectivity index (χ3n) is 7.07. The lowest BCUT2D eigenvalue weighted by atomic mass is 9.80. The zero-order valence-corrected chi connectivity index (χ0v) is 17.9. The molecule has 0 radical (unpaired) electrons. The lowest BCUT2D eigenvalue weighted by molar-refractivity contribution is 0.0497. The number of para-hydroxylation sites is 1. The van der Waals surface area contributed by atoms with E-state index < -0.39 is 0 Å². The first-order chi connectivity index (χ1) is 14.6. The number of piperidine rings is 1. The van der Waals surface area contributed by atoms with Gasteiger partial charge < -0.3 is 15.0 Å². The number of carbonyl (C=O) groups is 1. The Labute approximate surface area is 178 Å². The van der Waals surface area contributed by atoms with E-state index in [1.807, 2.05) is 30.9 Å². The standard InChI is InChI=1S/C26H30N2O2/c1-3-28(4-2)25(29)19-11-9-18(10-12-19)22-17-26(16-15-20-13-14-24(26)27-20)30-23-8-6-5-7-21(22)23/h5-12,17,20,24,27H,3-4,13-16H2,1-2H3. The van der Waals surface area contributed by atoms with Crippen LogP contribution in [-0.4, -0.2) is 41.6 Å². The molecule has 2 saturated heterocycles. The van der Waals surface area contributed by atoms with Crippen molar-refractivity contribution in [1.29, 1.82) is 0 Å². The largest absolute Gasteiger partial charge is 0.481 e. The molecule has 156 valence electrons. The number of hydrogen-bond donors (Lipinski definition) is 1. The third-order valence-corrected chi connectivity index (χ3v) is 7.07. The minimum Gasteiger partial charge on any atom is -0.481 e. The maximum absolute atomic E-state index is 12.7. The summed E-state index contributed by atoms with van der Waals surface area (Å²) in [6, 6.07) is 17.5. The van der Waals surface area contributed by atoms with E-state index in [0.29, 0.717) is 12.1 Å². The highest BCUT2D eigenvalue weighted by atomic mass is 16.5. The van der Waals surface area contributed by atoms with E-state index in [0.717, 1.165) is 54.8 Å². The van der Waals surface area contributed by atoms with E-state index in [1.165, 1.54) is 12.0 Å². The van der Waals surface area contributed by atoms with Crippen LogP contribution >= 0.6 is 0 Å². The minimum atomic E-state index is -0.285. The molecular formula is C26H30N2O2. The number of fused-ring (bicyclic) bond motifs is 4. The molecule has 1 amide bonds. The summed E-state index contributed by atoms with van der Waals surface area (Å²) in [5, 5.41) is 3.78. The normalized spacial score (nSPS) is 26.7. The molecule has 0 aromatic heterocycles. The average Bonchev–Trinajstić information content (AvgIpc) is 3.22. The predicted molar refractivity (Wildman–Crippen MR) is 120 cm³/mol. The quantitative estimate of drug-likeness (QED) is 0.810. The van der Waals surface area contributed by atoms with Crippen LogP contribution in [-0.2, 0) is 0 Å². The van der Waals surface area contributed by atoms with Gasteiger partial charge in [-0.3, -0.25) is 4.79 Å². The van der Waals surface area contributed by atoms with Crippen LogP contribution < -0.4 is 10.1 Å². The Morgan fingerprint density at radius 3 is 2.60 bits per heavy atom. The number of hydrogen-bond acceptors (Lipinski definition) is 3. The Morgan fingerprint density at radius 2 is 1.83 bits per heavy atom. The first kappa shape index (κ1) is 19.4. The highest BCUT2D eigenvalue weighted by Gasteiger charge is 2.49. The fourth-order valence-electron chi connectivity index (χ4n) is 5.36. The fraction of sp³-hybridized carbons (Fsp3) is 0.423. The molecule has 5 rings (SSSR count). The third kappa shape index (κ3) is 3.14. The van der Waals surface area contributed by atoms with Crippen molar-refractivity contribution in [2.24, 2.45) is 0 Å². The number of ether oxygens (including phenoxy) is 1. The molecule has 2 aromatic carbocycles. The van der Waals surface area contributed by atoms with Crippen LogP contribution in [0, 0.1) is 0 Å². The van der Waals surface area contributed by atoms with Crippen LogP contribution in [0.4, 0.5) is 0 Å². The molecular weight excluding hydrogens is 372 g/mol. The molecule has 2 bridgehead atoms. The fourth-order valence-corrected chi connectivity index (χ4v) is 5.36. The second-order valence-electron chi connectivity index (χ2n) is 8.70. The van der Waals surface area contributed by atoms with Crippen molar-refractivity contribution >= 4 is 11.5 Å². The van der Waals surface area contributed by atoms with Crippen molar-refractivity contribution in [2.75, 3.05) is 13.1 Å². The molecule has 1 spiro atoms. The number of amides is 1. The van der Waals surface area contributed by atoms with Gasteiger partial charge in [-0.25, -0.2) is 0 Å². The summed E-state index contributed by atoms with van der Waals surface area (Å²) in [5.41, 5.74) is 3.95. The molecule has 2 fully saturated rings. The van der Waals surface area contributed by atoms with E-state index in [9.17, 15) is 4.79 Å². The van der Waals surface area contributed by atoms with Crippen molar-refractivity contribution < 1.29 is 9.53 Å². The van der Waals surface area contributed by atoms with Crippen LogP contribution in [0.5, 0.6) is 5.75 Å². The van der Waals surface area contributed by atoms with Crippen LogP contribution in [0.25, 0.3) is 5.57 Å². The van der Waals surface area contributed by atoms with Gasteiger partial charge in [0.05, 0.1) is 6.04 Å². The lowest BCUT2D eigenvalue weighted by Gasteiger charge is -2.44. The van der Waals surface area contributed by atoms with Crippen molar-refractivity contribution in [3.8, 4) is 5.75 Å². The zero-order valence-electron chi connectivity index (χ0n) is 17.9. The monoisotopic (exact) mass is 402 g/mol. The van der Waals surface area contributed by atoms with Gasteiger partial charge in [0.15, 0.2) is 0 Å². The molecule has 30 heavy (non-hydrogen) atoms. The van der Waals surface area contributed by atoms with Gasteiger partial charge in [0.2, 0.25) is 0 Å². The summed E-state index contributed by atoms with van der Waals surface area (Å²) in [6.45, 7) is 5.49. The van der Waals surface area contributed by atoms with E-state index in [1.54, 1.807) is 0 Å². The number of rotatable bonds is 4. The van der Waals surface area contributed by atoms with Crippen LogP contribution in [0.3, 0.4) is 0 Å². The summed E-state index contributed by atoms with van der Waals surface area (Å²) in [6.07, 6.45) is 6.96. The van der Waals surface area contributed by atoms with Gasteiger partial charge in [0.1, 0.15) is 11.4 Å². The van der Waals surface area contributed by atoms with Crippen molar-refractivity contribution in [3.63, 3.8) is 0 Å². The SMILES string of the molecule is CCN(CC)C(=O)c1ccc(C2=CC3(CCC4CCC3N4)Oc3ccccc32)cc1. The van der Waals surface area contributed by atoms with Gasteiger partial charge in [-0.05, 0) is 74.9 Å². The van der Waals surface area contributed by atoms with Crippen molar-refractivity contribution in [1.82, 2.24) is 10.2 Å². The summed E-state index contributed by atoms with van der Waals surface area (Å²) in [4.78, 5) is 14.6. The molecule has 3 aliphatic rings. The molecule has 0 aliphatic carbocycles. The maximum Gasteiger partial charge on any atom is 0.253 e. The maximum atomic E-state index is 12.7. The second kappa shape index (κ2) is 7.59. The van der Waals surface area contributed by atoms with Crippen molar-refractivity contribution in [2.45, 2.75) is 57.2 Å². The number of nitrogens with zero attached hydrogens (tertiary/aromatic N) is 1. The van der Waals surface area contributed by atoms with E-state index >= 15 is 0 Å². The molecule has 4 nitrogen and oxygen atoms in total. The molecule has 3 atom stereocenters. The second-order valence-corrected chi connectivity index (χ2v) is 8.70. The lowest BCUT2D eigenvalue weighted by Crippen LogP contribution is -2.56. The van der Waals surface area contributed by atoms with Gasteiger partial charge in [0.25, 0.3) is 5.91 Å². The number of carbonyl (C=O) groups excluding carboxylic acids is 1. The molecule has 3 aliphatic heterocycles. The molecule has 3 heterocycles. The summed E-state index contributed by atoms with van der Waals surface area (Å²) in [5.74, 6) is 1.06. The number of nitrogens with one attached hydrogen (secondary N) is 1. The topological polar surface area (TPSA) is 41.6 Å². The molecule has 2 aromatic rings. The first-order valence-corrected chi connectivity index (χ1v) is 11.3. The molecule has 4 heteroatoms. The van der Waals surface area contributed by atoms with Crippen LogP contribution in [0.2, 0.25) is 0 Å². The van der Waals surface area contributed by atoms with E-state index in [-0.39, 0.29) is 11.5 Å². The van der Waals surface area contributed by atoms with Crippen molar-refractivity contribution in [3.05, 3.63) is 71.3 Å². The van der Waals surface area contributed by atoms with E-state index in [4.69, 9.17) is 4.74 Å². The van der Waals surface area contributed by atoms with Gasteiger partial charge in [-0.1, -0.05) is 30.3 Å². The van der Waals surface area contributed by atoms with Gasteiger partial charge in [-0.15, -0.1) is 0 Å². The Bertz CT molecular complexity index is 977. The van der Waals surface area contributed by atoms with Gasteiger partial charge >= 0.3 is 0 Å². The highest BCUT2D eigenvalue weighted by molar-refractivity contribution is 5.95. The average molecular weight is 403 g/mol.